The number of rotatable bonds is 3. The molecule has 26 heavy (non-hydrogen) atoms. The van der Waals surface area contributed by atoms with Crippen LogP contribution in [0.25, 0.3) is 22.5 Å². The molecule has 9 nitrogen and oxygen atoms in total. The van der Waals surface area contributed by atoms with Crippen LogP contribution in [0.5, 0.6) is 0 Å². The summed E-state index contributed by atoms with van der Waals surface area (Å²) in [6.45, 7) is 0. The Bertz CT molecular complexity index is 834. The maximum atomic E-state index is 8.49. The Balaban J connectivity index is 0.000000431. The van der Waals surface area contributed by atoms with Crippen molar-refractivity contribution in [1.29, 1.82) is 5.53 Å². The fourth-order valence-electron chi connectivity index (χ4n) is 2.04. The van der Waals surface area contributed by atoms with Crippen LogP contribution in [0.15, 0.2) is 71.8 Å². The van der Waals surface area contributed by atoms with Crippen molar-refractivity contribution in [2.75, 3.05) is 0 Å². The summed E-state index contributed by atoms with van der Waals surface area (Å²) in [4.78, 5) is 11.7. The molecule has 0 amide bonds. The van der Waals surface area contributed by atoms with Crippen LogP contribution >= 0.6 is 0 Å². The van der Waals surface area contributed by atoms with Crippen molar-refractivity contribution in [3.8, 4) is 22.5 Å². The molecule has 10 heteroatoms. The summed E-state index contributed by atoms with van der Waals surface area (Å²) in [6, 6.07) is 21.5. The molecule has 3 rings (SSSR count). The van der Waals surface area contributed by atoms with Crippen molar-refractivity contribution in [3.63, 3.8) is 0 Å². The zero-order valence-corrected chi connectivity index (χ0v) is 13.9. The lowest BCUT2D eigenvalue weighted by molar-refractivity contribution is -2.00. The number of benzene rings is 2. The van der Waals surface area contributed by atoms with Gasteiger partial charge in [-0.1, -0.05) is 60.7 Å². The van der Waals surface area contributed by atoms with Gasteiger partial charge in [-0.15, -0.1) is 10.2 Å². The van der Waals surface area contributed by atoms with Crippen LogP contribution in [0.1, 0.15) is 0 Å². The summed E-state index contributed by atoms with van der Waals surface area (Å²) in [6.07, 6.45) is 0. The van der Waals surface area contributed by atoms with Gasteiger partial charge in [-0.3, -0.25) is 0 Å². The molecule has 0 unspecified atom stereocenters. The zero-order chi connectivity index (χ0) is 19.0. The number of nitrogens with one attached hydrogen (secondary N) is 1. The van der Waals surface area contributed by atoms with Crippen molar-refractivity contribution < 1.29 is 28.9 Å². The summed E-state index contributed by atoms with van der Waals surface area (Å²) in [5.41, 5.74) is 10.3. The number of hydrogen-bond acceptors (Lipinski definition) is 8. The Labute approximate surface area is 150 Å². The van der Waals surface area contributed by atoms with Gasteiger partial charge < -0.3 is 0 Å². The minimum Gasteiger partial charge on any atom is -0.222 e. The molecule has 132 valence electrons. The van der Waals surface area contributed by atoms with Gasteiger partial charge in [0.2, 0.25) is 4.91 Å². The van der Waals surface area contributed by atoms with E-state index in [-0.39, 0.29) is 5.95 Å². The largest absolute Gasteiger partial charge is 0.337 e. The van der Waals surface area contributed by atoms with E-state index in [2.05, 4.69) is 20.0 Å². The van der Waals surface area contributed by atoms with Crippen LogP contribution in [-0.2, 0) is 0 Å². The molecule has 0 atom stereocenters. The van der Waals surface area contributed by atoms with Crippen molar-refractivity contribution in [3.05, 3.63) is 66.7 Å². The van der Waals surface area contributed by atoms with Crippen LogP contribution < -0.4 is 23.5 Å². The van der Waals surface area contributed by atoms with E-state index in [0.717, 1.165) is 22.5 Å². The quantitative estimate of drug-likeness (QED) is 0.467. The third-order valence-corrected chi connectivity index (χ3v) is 2.99. The Morgan fingerprint density at radius 1 is 0.769 bits per heavy atom. The van der Waals surface area contributed by atoms with E-state index < -0.39 is 10.2 Å². The van der Waals surface area contributed by atoms with Gasteiger partial charge in [-0.25, -0.2) is 28.6 Å². The van der Waals surface area contributed by atoms with Gasteiger partial charge >= 0.3 is 5.95 Å². The normalized spacial score (nSPS) is 10.3. The Morgan fingerprint density at radius 3 is 1.50 bits per heavy atom. The van der Waals surface area contributed by atoms with Gasteiger partial charge in [-0.2, -0.15) is 0 Å². The Morgan fingerprint density at radius 2 is 1.15 bits per heavy atom. The number of halogens is 1. The van der Waals surface area contributed by atoms with Crippen molar-refractivity contribution in [1.82, 2.24) is 14.9 Å². The summed E-state index contributed by atoms with van der Waals surface area (Å²) in [7, 11) is -4.94. The first-order valence-electron chi connectivity index (χ1n) is 7.06. The molecule has 0 radical (unpaired) electrons. The second-order valence-corrected chi connectivity index (χ2v) is 5.50. The van der Waals surface area contributed by atoms with Gasteiger partial charge in [-0.05, 0) is 6.07 Å². The average Bonchev–Trinajstić information content (AvgIpc) is 2.62. The van der Waals surface area contributed by atoms with Gasteiger partial charge in [0.15, 0.2) is 5.11 Å². The van der Waals surface area contributed by atoms with Gasteiger partial charge in [0.1, 0.15) is 5.53 Å². The maximum Gasteiger partial charge on any atom is 0.337 e. The van der Waals surface area contributed by atoms with E-state index >= 15 is 0 Å². The van der Waals surface area contributed by atoms with E-state index in [0.29, 0.717) is 0 Å². The molecule has 3 aromatic rings. The first kappa shape index (κ1) is 19.3. The fraction of sp³-hybridized carbons (Fsp3) is 0. The molecule has 0 saturated carbocycles. The summed E-state index contributed by atoms with van der Waals surface area (Å²) >= 11 is 0. The lowest BCUT2D eigenvalue weighted by atomic mass is 10.1. The van der Waals surface area contributed by atoms with Crippen LogP contribution in [0.3, 0.4) is 0 Å². The smallest absolute Gasteiger partial charge is 0.222 e. The first-order chi connectivity index (χ1) is 12.4. The van der Waals surface area contributed by atoms with Crippen LogP contribution in [-0.4, -0.2) is 9.97 Å². The lowest BCUT2D eigenvalue weighted by Crippen LogP contribution is -2.68. The SMILES string of the molecule is N=[N+]=Nc1nc(-c2ccccc2)cc(-c2ccccc2)n1.[O-][Cl+3]([O-])([O-])[O-]. The second kappa shape index (κ2) is 8.88. The Kier molecular flexibility index (Phi) is 6.59. The number of hydrogen-bond donors (Lipinski definition) is 1. The van der Waals surface area contributed by atoms with E-state index in [9.17, 15) is 0 Å². The van der Waals surface area contributed by atoms with Crippen molar-refractivity contribution in [2.45, 2.75) is 0 Å². The van der Waals surface area contributed by atoms with Crippen LogP contribution in [0.4, 0.5) is 5.95 Å². The Hall–Kier alpha value is -3.04. The molecule has 1 heterocycles. The van der Waals surface area contributed by atoms with Crippen molar-refractivity contribution >= 4 is 5.95 Å². The molecule has 1 N–H and O–H groups in total. The molecule has 0 bridgehead atoms. The monoisotopic (exact) mass is 373 g/mol. The van der Waals surface area contributed by atoms with E-state index in [1.165, 1.54) is 0 Å². The summed E-state index contributed by atoms with van der Waals surface area (Å²) < 4.78 is 34.0. The minimum atomic E-state index is -4.94. The predicted molar refractivity (Wildman–Crippen MR) is 79.8 cm³/mol. The zero-order valence-electron chi connectivity index (χ0n) is 13.2. The van der Waals surface area contributed by atoms with Gasteiger partial charge in [0, 0.05) is 11.1 Å². The molecule has 0 aliphatic heterocycles. The van der Waals surface area contributed by atoms with E-state index in [1.807, 2.05) is 66.7 Å². The van der Waals surface area contributed by atoms with Gasteiger partial charge in [0.25, 0.3) is 0 Å². The second-order valence-electron chi connectivity index (χ2n) is 4.75. The maximum absolute atomic E-state index is 8.49. The first-order valence-corrected chi connectivity index (χ1v) is 8.29. The molecule has 0 fully saturated rings. The third kappa shape index (κ3) is 6.46. The molecule has 0 aliphatic carbocycles. The molecular formula is C16H12ClN5O4. The molecule has 1 aromatic heterocycles. The summed E-state index contributed by atoms with van der Waals surface area (Å²) in [5.74, 6) is 0.185. The van der Waals surface area contributed by atoms with Crippen LogP contribution in [0, 0.1) is 15.8 Å². The average molecular weight is 374 g/mol. The lowest BCUT2D eigenvalue weighted by Gasteiger charge is -2.17. The minimum absolute atomic E-state index is 0.185. The van der Waals surface area contributed by atoms with E-state index in [4.69, 9.17) is 24.2 Å². The molecule has 0 saturated heterocycles. The molecule has 0 aliphatic rings. The fourth-order valence-corrected chi connectivity index (χ4v) is 2.04. The molecule has 0 spiro atoms. The van der Waals surface area contributed by atoms with Crippen LogP contribution in [0.2, 0.25) is 0 Å². The highest BCUT2D eigenvalue weighted by molar-refractivity contribution is 5.68. The highest BCUT2D eigenvalue weighted by atomic mass is 35.7. The number of aromatic nitrogens is 2. The topological polar surface area (TPSA) is 168 Å². The molecule has 2 aromatic carbocycles. The summed E-state index contributed by atoms with van der Waals surface area (Å²) in [5, 5.41) is 3.65. The third-order valence-electron chi connectivity index (χ3n) is 2.99. The van der Waals surface area contributed by atoms with Crippen molar-refractivity contribution in [2.24, 2.45) is 5.11 Å². The standard InChI is InChI=1S/C16H12N5.ClHO4/c17-21-20-16-18-14(12-7-3-1-4-8-12)11-15(19-16)13-9-5-2-6-10-13;2-1(3,4)5/h1-11,17H;(H,2,3,4,5)/q+1;/p-1. The highest BCUT2D eigenvalue weighted by Crippen LogP contribution is 2.25. The van der Waals surface area contributed by atoms with E-state index in [1.54, 1.807) is 0 Å². The highest BCUT2D eigenvalue weighted by Gasteiger charge is 2.10. The predicted octanol–water partition coefficient (Wildman–Crippen LogP) is -0.764. The van der Waals surface area contributed by atoms with Gasteiger partial charge in [0.05, 0.1) is 11.4 Å². The number of nitrogens with zero attached hydrogens (tertiary/aromatic N) is 4. The molecular weight excluding hydrogens is 362 g/mol.